The van der Waals surface area contributed by atoms with E-state index in [1.807, 2.05) is 41.2 Å². The largest absolute Gasteiger partial charge is 0.486 e. The molecule has 2 aromatic heterocycles. The van der Waals surface area contributed by atoms with Gasteiger partial charge in [0.25, 0.3) is 0 Å². The van der Waals surface area contributed by atoms with Crippen LogP contribution in [0.5, 0.6) is 5.75 Å². The minimum Gasteiger partial charge on any atom is -0.486 e. The van der Waals surface area contributed by atoms with Crippen LogP contribution in [0.15, 0.2) is 58.2 Å². The second-order valence-corrected chi connectivity index (χ2v) is 9.67. The Morgan fingerprint density at radius 1 is 1.16 bits per heavy atom. The molecule has 1 aromatic carbocycles. The van der Waals surface area contributed by atoms with Gasteiger partial charge in [0.2, 0.25) is 21.2 Å². The van der Waals surface area contributed by atoms with E-state index in [1.54, 1.807) is 6.07 Å². The molecule has 0 amide bonds. The predicted octanol–water partition coefficient (Wildman–Crippen LogP) is 2.59. The summed E-state index contributed by atoms with van der Waals surface area (Å²) in [5.41, 5.74) is -0.244. The molecule has 0 atom stereocenters. The topological polar surface area (TPSA) is 106 Å². The first-order valence-corrected chi connectivity index (χ1v) is 11.7. The van der Waals surface area contributed by atoms with Crippen LogP contribution in [-0.2, 0) is 16.6 Å². The molecule has 0 N–H and O–H groups in total. The molecule has 4 rings (SSSR count). The molecule has 1 aliphatic heterocycles. The van der Waals surface area contributed by atoms with Crippen LogP contribution in [0.4, 0.5) is 0 Å². The number of ether oxygens (including phenoxy) is 1. The Morgan fingerprint density at radius 2 is 1.84 bits per heavy atom. The summed E-state index contributed by atoms with van der Waals surface area (Å²) in [7, 11) is -3.51. The fourth-order valence-electron chi connectivity index (χ4n) is 3.77. The van der Waals surface area contributed by atoms with E-state index in [0.29, 0.717) is 44.8 Å². The SMILES string of the molecule is N#CCS(=O)(=O)N1CCC(COc2coc(Cn3cc4ccccc4c3)cc2=O)CC1. The zero-order valence-electron chi connectivity index (χ0n) is 16.9. The van der Waals surface area contributed by atoms with E-state index in [1.165, 1.54) is 16.6 Å². The number of nitrogens with zero attached hydrogens (tertiary/aromatic N) is 3. The van der Waals surface area contributed by atoms with Crippen molar-refractivity contribution < 1.29 is 17.6 Å². The molecule has 1 saturated heterocycles. The molecule has 1 aliphatic rings. The normalized spacial score (nSPS) is 15.7. The van der Waals surface area contributed by atoms with Gasteiger partial charge in [-0.1, -0.05) is 24.3 Å². The third-order valence-electron chi connectivity index (χ3n) is 5.48. The number of sulfonamides is 1. The van der Waals surface area contributed by atoms with E-state index in [-0.39, 0.29) is 17.1 Å². The van der Waals surface area contributed by atoms with Gasteiger partial charge in [-0.2, -0.15) is 5.26 Å². The van der Waals surface area contributed by atoms with Crippen molar-refractivity contribution >= 4 is 20.8 Å². The van der Waals surface area contributed by atoms with Crippen molar-refractivity contribution in [2.75, 3.05) is 25.4 Å². The van der Waals surface area contributed by atoms with Gasteiger partial charge in [-0.3, -0.25) is 4.79 Å². The smallest absolute Gasteiger partial charge is 0.227 e. The highest BCUT2D eigenvalue weighted by Gasteiger charge is 2.28. The molecular weight excluding hydrogens is 418 g/mol. The van der Waals surface area contributed by atoms with Gasteiger partial charge in [0.1, 0.15) is 12.0 Å². The molecule has 0 saturated carbocycles. The Balaban J connectivity index is 1.32. The van der Waals surface area contributed by atoms with Crippen LogP contribution in [0, 0.1) is 17.2 Å². The van der Waals surface area contributed by atoms with Gasteiger partial charge < -0.3 is 13.7 Å². The van der Waals surface area contributed by atoms with Crippen LogP contribution in [0.1, 0.15) is 18.6 Å². The molecule has 0 aliphatic carbocycles. The Labute approximate surface area is 180 Å². The number of nitriles is 1. The molecule has 3 heterocycles. The number of benzene rings is 1. The summed E-state index contributed by atoms with van der Waals surface area (Å²) in [5.74, 6) is 0.329. The molecule has 0 unspecified atom stereocenters. The Morgan fingerprint density at radius 3 is 2.45 bits per heavy atom. The van der Waals surface area contributed by atoms with E-state index in [9.17, 15) is 13.2 Å². The van der Waals surface area contributed by atoms with Crippen LogP contribution in [0.3, 0.4) is 0 Å². The van der Waals surface area contributed by atoms with Crippen LogP contribution >= 0.6 is 0 Å². The highest BCUT2D eigenvalue weighted by Crippen LogP contribution is 2.21. The Bertz CT molecular complexity index is 1230. The fourth-order valence-corrected chi connectivity index (χ4v) is 4.89. The van der Waals surface area contributed by atoms with Gasteiger partial charge in [-0.25, -0.2) is 12.7 Å². The van der Waals surface area contributed by atoms with Crippen molar-refractivity contribution in [1.29, 1.82) is 5.26 Å². The number of hydrogen-bond donors (Lipinski definition) is 0. The molecular formula is C22H23N3O5S. The summed E-state index contributed by atoms with van der Waals surface area (Å²) in [6.07, 6.45) is 6.59. The molecule has 31 heavy (non-hydrogen) atoms. The van der Waals surface area contributed by atoms with Crippen LogP contribution in [0.2, 0.25) is 0 Å². The standard InChI is InChI=1S/C22H23N3O5S/c23-7-10-31(27,28)25-8-5-17(6-9-25)15-30-22-16-29-20(11-21(22)26)14-24-12-18-3-1-2-4-19(18)13-24/h1-4,11-13,16-17H,5-6,8-10,14-15H2. The first kappa shape index (κ1) is 21.2. The van der Waals surface area contributed by atoms with E-state index in [0.717, 1.165) is 10.8 Å². The number of hydrogen-bond acceptors (Lipinski definition) is 6. The number of rotatable bonds is 7. The summed E-state index contributed by atoms with van der Waals surface area (Å²) in [6, 6.07) is 11.2. The van der Waals surface area contributed by atoms with Crippen LogP contribution < -0.4 is 10.2 Å². The van der Waals surface area contributed by atoms with E-state index < -0.39 is 15.8 Å². The number of piperidine rings is 1. The lowest BCUT2D eigenvalue weighted by molar-refractivity contribution is 0.181. The molecule has 8 nitrogen and oxygen atoms in total. The maximum Gasteiger partial charge on any atom is 0.227 e. The summed E-state index contributed by atoms with van der Waals surface area (Å²) in [4.78, 5) is 12.4. The summed E-state index contributed by atoms with van der Waals surface area (Å²) in [6.45, 7) is 1.48. The fraction of sp³-hybridized carbons (Fsp3) is 0.364. The van der Waals surface area contributed by atoms with E-state index in [2.05, 4.69) is 0 Å². The highest BCUT2D eigenvalue weighted by molar-refractivity contribution is 7.89. The minimum atomic E-state index is -3.51. The molecule has 0 spiro atoms. The third kappa shape index (κ3) is 4.98. The lowest BCUT2D eigenvalue weighted by Gasteiger charge is -2.30. The van der Waals surface area contributed by atoms with Gasteiger partial charge >= 0.3 is 0 Å². The van der Waals surface area contributed by atoms with Crippen LogP contribution in [-0.4, -0.2) is 42.7 Å². The number of fused-ring (bicyclic) bond motifs is 1. The van der Waals surface area contributed by atoms with E-state index in [4.69, 9.17) is 14.4 Å². The first-order valence-electron chi connectivity index (χ1n) is 10.1. The molecule has 1 fully saturated rings. The molecule has 162 valence electrons. The monoisotopic (exact) mass is 441 g/mol. The maximum absolute atomic E-state index is 12.4. The molecule has 0 bridgehead atoms. The van der Waals surface area contributed by atoms with Crippen LogP contribution in [0.25, 0.3) is 10.8 Å². The third-order valence-corrected chi connectivity index (χ3v) is 7.13. The van der Waals surface area contributed by atoms with Gasteiger partial charge in [0.15, 0.2) is 5.75 Å². The quantitative estimate of drug-likeness (QED) is 0.558. The first-order chi connectivity index (χ1) is 14.9. The Hall–Kier alpha value is -3.09. The van der Waals surface area contributed by atoms with Crippen molar-refractivity contribution in [2.45, 2.75) is 19.4 Å². The van der Waals surface area contributed by atoms with Crippen molar-refractivity contribution in [2.24, 2.45) is 5.92 Å². The van der Waals surface area contributed by atoms with Gasteiger partial charge in [-0.05, 0) is 29.5 Å². The minimum absolute atomic E-state index is 0.139. The van der Waals surface area contributed by atoms with Gasteiger partial charge in [0.05, 0.1) is 19.2 Å². The molecule has 3 aromatic rings. The van der Waals surface area contributed by atoms with Gasteiger partial charge in [-0.15, -0.1) is 0 Å². The van der Waals surface area contributed by atoms with E-state index >= 15 is 0 Å². The lowest BCUT2D eigenvalue weighted by Crippen LogP contribution is -2.40. The summed E-state index contributed by atoms with van der Waals surface area (Å²) in [5, 5.41) is 10.9. The van der Waals surface area contributed by atoms with Crippen molar-refractivity contribution in [1.82, 2.24) is 8.87 Å². The molecule has 0 radical (unpaired) electrons. The second-order valence-electron chi connectivity index (χ2n) is 7.70. The predicted molar refractivity (Wildman–Crippen MR) is 115 cm³/mol. The average molecular weight is 442 g/mol. The van der Waals surface area contributed by atoms with Crippen molar-refractivity contribution in [3.05, 3.63) is 65.0 Å². The lowest BCUT2D eigenvalue weighted by atomic mass is 9.99. The van der Waals surface area contributed by atoms with Gasteiger partial charge in [0, 0.05) is 31.5 Å². The van der Waals surface area contributed by atoms with Crippen molar-refractivity contribution in [3.63, 3.8) is 0 Å². The summed E-state index contributed by atoms with van der Waals surface area (Å²) >= 11 is 0. The number of aromatic nitrogens is 1. The Kier molecular flexibility index (Phi) is 6.11. The zero-order chi connectivity index (χ0) is 21.8. The maximum atomic E-state index is 12.4. The second kappa shape index (κ2) is 8.96. The highest BCUT2D eigenvalue weighted by atomic mass is 32.2. The summed E-state index contributed by atoms with van der Waals surface area (Å²) < 4.78 is 38.5. The zero-order valence-corrected chi connectivity index (χ0v) is 17.8. The van der Waals surface area contributed by atoms with Crippen molar-refractivity contribution in [3.8, 4) is 11.8 Å². The average Bonchev–Trinajstić information content (AvgIpc) is 3.16. The molecule has 9 heteroatoms.